The van der Waals surface area contributed by atoms with Gasteiger partial charge in [0.2, 0.25) is 0 Å². The van der Waals surface area contributed by atoms with Gasteiger partial charge in [0.15, 0.2) is 0 Å². The lowest BCUT2D eigenvalue weighted by molar-refractivity contribution is -0.0521. The maximum Gasteiger partial charge on any atom is 0.680 e. The Morgan fingerprint density at radius 1 is 0.333 bits per heavy atom. The van der Waals surface area contributed by atoms with Crippen molar-refractivity contribution >= 4 is 9.05 Å². The van der Waals surface area contributed by atoms with E-state index in [9.17, 15) is 0 Å². The second-order valence-corrected chi connectivity index (χ2v) is 9.75. The van der Waals surface area contributed by atoms with E-state index >= 15 is 0 Å². The van der Waals surface area contributed by atoms with Crippen molar-refractivity contribution in [3.63, 3.8) is 0 Å². The molecule has 0 amide bonds. The maximum absolute atomic E-state index is 6.35. The van der Waals surface area contributed by atoms with Crippen molar-refractivity contribution in [2.24, 2.45) is 0 Å². The molecule has 4 nitrogen and oxygen atoms in total. The highest BCUT2D eigenvalue weighted by Gasteiger charge is 2.46. The second kappa shape index (κ2) is 12.3. The van der Waals surface area contributed by atoms with Gasteiger partial charge in [0.05, 0.1) is 26.4 Å². The lowest BCUT2D eigenvalue weighted by Gasteiger charge is -2.28. The molecule has 4 rings (SSSR count). The van der Waals surface area contributed by atoms with E-state index in [1.54, 1.807) is 0 Å². The van der Waals surface area contributed by atoms with Crippen LogP contribution in [0.4, 0.5) is 0 Å². The summed E-state index contributed by atoms with van der Waals surface area (Å²) in [6, 6.07) is 40.0. The molecule has 0 aliphatic carbocycles. The summed E-state index contributed by atoms with van der Waals surface area (Å²) in [5.41, 5.74) is 4.13. The number of benzene rings is 4. The lowest BCUT2D eigenvalue weighted by atomic mass is 10.2. The summed E-state index contributed by atoms with van der Waals surface area (Å²) >= 11 is 0. The van der Waals surface area contributed by atoms with Gasteiger partial charge in [0.1, 0.15) is 0 Å². The van der Waals surface area contributed by atoms with Crippen molar-refractivity contribution in [1.29, 1.82) is 0 Å². The second-order valence-electron chi connectivity index (χ2n) is 7.60. The van der Waals surface area contributed by atoms with Gasteiger partial charge in [0, 0.05) is 0 Å². The van der Waals surface area contributed by atoms with E-state index < -0.39 is 9.05 Å². The molecule has 0 atom stereocenters. The average Bonchev–Trinajstić information content (AvgIpc) is 2.90. The van der Waals surface area contributed by atoms with Gasteiger partial charge < -0.3 is 17.7 Å². The maximum atomic E-state index is 6.35. The summed E-state index contributed by atoms with van der Waals surface area (Å²) < 4.78 is 25.4. The lowest BCUT2D eigenvalue weighted by Crippen LogP contribution is -2.48. The molecule has 4 aromatic carbocycles. The SMILES string of the molecule is c1ccc(CO[Si](OCc2ccccc2)(OCc2ccccc2)OCc2ccccc2)cc1. The molecular formula is C28H28O4Si. The number of hydrogen-bond donors (Lipinski definition) is 0. The van der Waals surface area contributed by atoms with E-state index in [-0.39, 0.29) is 0 Å². The first kappa shape index (κ1) is 23.1. The molecule has 0 unspecified atom stereocenters. The topological polar surface area (TPSA) is 36.9 Å². The number of hydrogen-bond acceptors (Lipinski definition) is 4. The molecule has 0 spiro atoms. The Balaban J connectivity index is 1.56. The van der Waals surface area contributed by atoms with Crippen LogP contribution in [0.15, 0.2) is 121 Å². The first-order valence-electron chi connectivity index (χ1n) is 11.0. The molecule has 0 bridgehead atoms. The molecule has 0 N–H and O–H groups in total. The largest absolute Gasteiger partial charge is 0.680 e. The first-order chi connectivity index (χ1) is 16.3. The van der Waals surface area contributed by atoms with Gasteiger partial charge >= 0.3 is 9.05 Å². The first-order valence-corrected chi connectivity index (χ1v) is 12.7. The standard InChI is InChI=1S/C28H28O4Si/c1-5-13-25(14-6-1)21-29-33(30-22-26-15-7-2-8-16-26,31-23-27-17-9-3-10-18-27)32-24-28-19-11-4-12-20-28/h1-20H,21-24H2. The summed E-state index contributed by atoms with van der Waals surface area (Å²) in [5.74, 6) is 0. The molecule has 0 aliphatic rings. The van der Waals surface area contributed by atoms with Crippen LogP contribution in [0.3, 0.4) is 0 Å². The van der Waals surface area contributed by atoms with Crippen molar-refractivity contribution in [1.82, 2.24) is 0 Å². The van der Waals surface area contributed by atoms with Crippen LogP contribution < -0.4 is 0 Å². The fourth-order valence-electron chi connectivity index (χ4n) is 3.23. The molecule has 0 fully saturated rings. The quantitative estimate of drug-likeness (QED) is 0.235. The Morgan fingerprint density at radius 3 is 0.758 bits per heavy atom. The zero-order valence-corrected chi connectivity index (χ0v) is 19.5. The predicted molar refractivity (Wildman–Crippen MR) is 131 cm³/mol. The van der Waals surface area contributed by atoms with E-state index in [1.807, 2.05) is 121 Å². The minimum atomic E-state index is -3.53. The third-order valence-corrected chi connectivity index (χ3v) is 7.03. The molecule has 0 aromatic heterocycles. The van der Waals surface area contributed by atoms with Crippen LogP contribution >= 0.6 is 0 Å². The molecule has 0 saturated carbocycles. The Hall–Kier alpha value is -3.06. The average molecular weight is 457 g/mol. The summed E-state index contributed by atoms with van der Waals surface area (Å²) in [6.45, 7) is 1.35. The van der Waals surface area contributed by atoms with Crippen molar-refractivity contribution in [3.8, 4) is 0 Å². The molecule has 0 aliphatic heterocycles. The molecule has 5 heteroatoms. The van der Waals surface area contributed by atoms with Gasteiger partial charge in [0.25, 0.3) is 0 Å². The van der Waals surface area contributed by atoms with Crippen LogP contribution in [-0.4, -0.2) is 9.05 Å². The van der Waals surface area contributed by atoms with Gasteiger partial charge in [-0.3, -0.25) is 0 Å². The minimum Gasteiger partial charge on any atom is -0.347 e. The predicted octanol–water partition coefficient (Wildman–Crippen LogP) is 6.29. The molecule has 4 aromatic rings. The highest BCUT2D eigenvalue weighted by molar-refractivity contribution is 6.53. The molecule has 168 valence electrons. The van der Waals surface area contributed by atoms with E-state index in [4.69, 9.17) is 17.7 Å². The summed E-state index contributed by atoms with van der Waals surface area (Å²) in [5, 5.41) is 0. The molecule has 0 heterocycles. The van der Waals surface area contributed by atoms with Crippen LogP contribution in [0.25, 0.3) is 0 Å². The Kier molecular flexibility index (Phi) is 8.58. The molecular weight excluding hydrogens is 428 g/mol. The Bertz CT molecular complexity index is 881. The van der Waals surface area contributed by atoms with E-state index in [0.717, 1.165) is 22.3 Å². The summed E-state index contributed by atoms with van der Waals surface area (Å²) in [4.78, 5) is 0. The van der Waals surface area contributed by atoms with Gasteiger partial charge in [-0.25, -0.2) is 0 Å². The van der Waals surface area contributed by atoms with Gasteiger partial charge in [-0.2, -0.15) is 0 Å². The molecule has 33 heavy (non-hydrogen) atoms. The fraction of sp³-hybridized carbons (Fsp3) is 0.143. The van der Waals surface area contributed by atoms with Gasteiger partial charge in [-0.1, -0.05) is 121 Å². The van der Waals surface area contributed by atoms with Crippen molar-refractivity contribution in [2.75, 3.05) is 0 Å². The highest BCUT2D eigenvalue weighted by atomic mass is 28.4. The van der Waals surface area contributed by atoms with E-state index in [1.165, 1.54) is 0 Å². The highest BCUT2D eigenvalue weighted by Crippen LogP contribution is 2.21. The van der Waals surface area contributed by atoms with Crippen LogP contribution in [-0.2, 0) is 44.1 Å². The summed E-state index contributed by atoms with van der Waals surface area (Å²) in [7, 11) is -3.53. The van der Waals surface area contributed by atoms with Crippen molar-refractivity contribution < 1.29 is 17.7 Å². The smallest absolute Gasteiger partial charge is 0.347 e. The van der Waals surface area contributed by atoms with Crippen molar-refractivity contribution in [2.45, 2.75) is 26.4 Å². The minimum absolute atomic E-state index is 0.339. The molecule has 0 saturated heterocycles. The monoisotopic (exact) mass is 456 g/mol. The summed E-state index contributed by atoms with van der Waals surface area (Å²) in [6.07, 6.45) is 0. The van der Waals surface area contributed by atoms with Crippen LogP contribution in [0.5, 0.6) is 0 Å². The van der Waals surface area contributed by atoms with Crippen molar-refractivity contribution in [3.05, 3.63) is 144 Å². The fourth-order valence-corrected chi connectivity index (χ4v) is 5.11. The van der Waals surface area contributed by atoms with Crippen LogP contribution in [0, 0.1) is 0 Å². The van der Waals surface area contributed by atoms with E-state index in [2.05, 4.69) is 0 Å². The van der Waals surface area contributed by atoms with Crippen LogP contribution in [0.2, 0.25) is 0 Å². The number of rotatable bonds is 12. The third kappa shape index (κ3) is 7.49. The third-order valence-electron chi connectivity index (χ3n) is 5.03. The van der Waals surface area contributed by atoms with Gasteiger partial charge in [-0.05, 0) is 22.3 Å². The Morgan fingerprint density at radius 2 is 0.545 bits per heavy atom. The van der Waals surface area contributed by atoms with Crippen LogP contribution in [0.1, 0.15) is 22.3 Å². The molecule has 0 radical (unpaired) electrons. The zero-order valence-electron chi connectivity index (χ0n) is 18.5. The van der Waals surface area contributed by atoms with Gasteiger partial charge in [-0.15, -0.1) is 0 Å². The van der Waals surface area contributed by atoms with E-state index in [0.29, 0.717) is 26.4 Å². The zero-order chi connectivity index (χ0) is 22.6. The normalized spacial score (nSPS) is 11.4. The Labute approximate surface area is 196 Å².